The summed E-state index contributed by atoms with van der Waals surface area (Å²) >= 11 is 0. The number of carbonyl (C=O) groups excluding carboxylic acids is 1. The lowest BCUT2D eigenvalue weighted by atomic mass is 9.75. The number of rotatable bonds is 6. The van der Waals surface area contributed by atoms with Gasteiger partial charge < -0.3 is 9.47 Å². The lowest BCUT2D eigenvalue weighted by molar-refractivity contribution is -0.0174. The molecule has 0 aliphatic heterocycles. The van der Waals surface area contributed by atoms with E-state index in [9.17, 15) is 13.2 Å². The maximum absolute atomic E-state index is 12.8. The second-order valence-electron chi connectivity index (χ2n) is 8.47. The van der Waals surface area contributed by atoms with Gasteiger partial charge in [-0.05, 0) is 79.1 Å². The highest BCUT2D eigenvalue weighted by atomic mass is 32.2. The number of benzene rings is 2. The fourth-order valence-electron chi connectivity index (χ4n) is 4.12. The summed E-state index contributed by atoms with van der Waals surface area (Å²) in [6.07, 6.45) is 3.01. The lowest BCUT2D eigenvalue weighted by Gasteiger charge is -2.36. The Hall–Kier alpha value is -2.34. The van der Waals surface area contributed by atoms with Gasteiger partial charge in [0.1, 0.15) is 11.9 Å². The monoisotopic (exact) mass is 430 g/mol. The smallest absolute Gasteiger partial charge is 0.338 e. The average molecular weight is 431 g/mol. The predicted molar refractivity (Wildman–Crippen MR) is 115 cm³/mol. The standard InChI is InChI=1S/C24H30O5S/c1-16(2)22-14-5-17(3)15-23(22)29-24(25)18-6-10-20(11-7-18)30(26,27)21-12-8-19(28-4)9-13-21/h6-13,16-17,22-23H,5,14-15H2,1-4H3/t17-,22+,23-/m1/s1. The molecule has 0 amide bonds. The molecule has 0 N–H and O–H groups in total. The number of ether oxygens (including phenoxy) is 2. The van der Waals surface area contributed by atoms with Gasteiger partial charge in [-0.25, -0.2) is 13.2 Å². The molecular weight excluding hydrogens is 400 g/mol. The molecule has 6 heteroatoms. The van der Waals surface area contributed by atoms with Crippen LogP contribution in [0.2, 0.25) is 0 Å². The van der Waals surface area contributed by atoms with Gasteiger partial charge in [-0.1, -0.05) is 27.2 Å². The summed E-state index contributed by atoms with van der Waals surface area (Å²) < 4.78 is 36.6. The summed E-state index contributed by atoms with van der Waals surface area (Å²) in [6.45, 7) is 6.52. The maximum atomic E-state index is 12.8. The number of esters is 1. The Bertz CT molecular complexity index is 962. The molecule has 2 aromatic rings. The first-order chi connectivity index (χ1) is 14.2. The van der Waals surface area contributed by atoms with Crippen molar-refractivity contribution in [3.05, 3.63) is 54.1 Å². The molecule has 0 aromatic heterocycles. The Morgan fingerprint density at radius 2 is 1.53 bits per heavy atom. The molecule has 3 atom stereocenters. The number of hydrogen-bond acceptors (Lipinski definition) is 5. The van der Waals surface area contributed by atoms with Crippen LogP contribution in [-0.2, 0) is 14.6 Å². The first kappa shape index (κ1) is 22.3. The van der Waals surface area contributed by atoms with Crippen molar-refractivity contribution in [1.29, 1.82) is 0 Å². The topological polar surface area (TPSA) is 69.7 Å². The molecule has 0 saturated heterocycles. The second kappa shape index (κ2) is 9.21. The van der Waals surface area contributed by atoms with E-state index in [1.807, 2.05) is 0 Å². The SMILES string of the molecule is COc1ccc(S(=O)(=O)c2ccc(C(=O)O[C@@H]3C[C@H](C)CC[C@H]3C(C)C)cc2)cc1. The molecule has 1 aliphatic rings. The van der Waals surface area contributed by atoms with E-state index < -0.39 is 15.8 Å². The third-order valence-electron chi connectivity index (χ3n) is 5.99. The Morgan fingerprint density at radius 1 is 0.967 bits per heavy atom. The zero-order valence-corrected chi connectivity index (χ0v) is 18.8. The van der Waals surface area contributed by atoms with E-state index in [-0.39, 0.29) is 15.9 Å². The van der Waals surface area contributed by atoms with Gasteiger partial charge in [0, 0.05) is 0 Å². The molecule has 30 heavy (non-hydrogen) atoms. The van der Waals surface area contributed by atoms with Gasteiger partial charge in [-0.15, -0.1) is 0 Å². The predicted octanol–water partition coefficient (Wildman–Crippen LogP) is 5.15. The van der Waals surface area contributed by atoms with Crippen molar-refractivity contribution in [2.45, 2.75) is 55.9 Å². The third kappa shape index (κ3) is 4.86. The number of hydrogen-bond donors (Lipinski definition) is 0. The summed E-state index contributed by atoms with van der Waals surface area (Å²) in [6, 6.07) is 12.2. The molecule has 1 aliphatic carbocycles. The average Bonchev–Trinajstić information content (AvgIpc) is 2.73. The normalized spacial score (nSPS) is 22.0. The van der Waals surface area contributed by atoms with E-state index in [2.05, 4.69) is 20.8 Å². The van der Waals surface area contributed by atoms with E-state index >= 15 is 0 Å². The molecule has 2 aromatic carbocycles. The molecule has 0 heterocycles. The second-order valence-corrected chi connectivity index (χ2v) is 10.4. The van der Waals surface area contributed by atoms with Crippen LogP contribution in [0.5, 0.6) is 5.75 Å². The van der Waals surface area contributed by atoms with E-state index in [1.165, 1.54) is 43.5 Å². The summed E-state index contributed by atoms with van der Waals surface area (Å²) in [4.78, 5) is 13.0. The molecule has 0 radical (unpaired) electrons. The molecular formula is C24H30O5S. The number of sulfone groups is 1. The molecule has 0 spiro atoms. The third-order valence-corrected chi connectivity index (χ3v) is 7.78. The van der Waals surface area contributed by atoms with Crippen LogP contribution in [-0.4, -0.2) is 27.6 Å². The molecule has 0 unspecified atom stereocenters. The molecule has 0 bridgehead atoms. The minimum absolute atomic E-state index is 0.0936. The van der Waals surface area contributed by atoms with Crippen LogP contribution in [0.15, 0.2) is 58.3 Å². The molecule has 1 fully saturated rings. The van der Waals surface area contributed by atoms with Crippen LogP contribution in [0.3, 0.4) is 0 Å². The van der Waals surface area contributed by atoms with Crippen molar-refractivity contribution in [1.82, 2.24) is 0 Å². The van der Waals surface area contributed by atoms with Crippen molar-refractivity contribution >= 4 is 15.8 Å². The van der Waals surface area contributed by atoms with Crippen LogP contribution in [0.25, 0.3) is 0 Å². The Kier molecular flexibility index (Phi) is 6.86. The van der Waals surface area contributed by atoms with Crippen LogP contribution in [0.4, 0.5) is 0 Å². The van der Waals surface area contributed by atoms with E-state index in [0.717, 1.165) is 19.3 Å². The van der Waals surface area contributed by atoms with E-state index in [1.54, 1.807) is 12.1 Å². The van der Waals surface area contributed by atoms with Crippen molar-refractivity contribution < 1.29 is 22.7 Å². The van der Waals surface area contributed by atoms with Crippen LogP contribution < -0.4 is 4.74 Å². The van der Waals surface area contributed by atoms with Gasteiger partial charge in [0.05, 0.1) is 22.5 Å². The van der Waals surface area contributed by atoms with Crippen LogP contribution >= 0.6 is 0 Å². The first-order valence-corrected chi connectivity index (χ1v) is 11.9. The van der Waals surface area contributed by atoms with Gasteiger partial charge in [0.2, 0.25) is 9.84 Å². The lowest BCUT2D eigenvalue weighted by Crippen LogP contribution is -2.35. The van der Waals surface area contributed by atoms with Gasteiger partial charge in [-0.3, -0.25) is 0 Å². The maximum Gasteiger partial charge on any atom is 0.338 e. The van der Waals surface area contributed by atoms with Gasteiger partial charge in [0.25, 0.3) is 0 Å². The summed E-state index contributed by atoms with van der Waals surface area (Å²) in [7, 11) is -2.14. The van der Waals surface area contributed by atoms with Crippen molar-refractivity contribution in [2.24, 2.45) is 17.8 Å². The van der Waals surface area contributed by atoms with Gasteiger partial charge in [0.15, 0.2) is 0 Å². The fourth-order valence-corrected chi connectivity index (χ4v) is 5.38. The highest BCUT2D eigenvalue weighted by Crippen LogP contribution is 2.35. The van der Waals surface area contributed by atoms with Crippen LogP contribution in [0.1, 0.15) is 50.4 Å². The summed E-state index contributed by atoms with van der Waals surface area (Å²) in [5.41, 5.74) is 0.365. The largest absolute Gasteiger partial charge is 0.497 e. The summed E-state index contributed by atoms with van der Waals surface area (Å²) in [5, 5.41) is 0. The first-order valence-electron chi connectivity index (χ1n) is 10.4. The number of carbonyl (C=O) groups is 1. The van der Waals surface area contributed by atoms with Crippen LogP contribution in [0, 0.1) is 17.8 Å². The highest BCUT2D eigenvalue weighted by molar-refractivity contribution is 7.91. The van der Waals surface area contributed by atoms with Gasteiger partial charge in [-0.2, -0.15) is 0 Å². The number of methoxy groups -OCH3 is 1. The van der Waals surface area contributed by atoms with E-state index in [0.29, 0.717) is 29.1 Å². The molecule has 3 rings (SSSR count). The molecule has 5 nitrogen and oxygen atoms in total. The minimum atomic E-state index is -3.67. The highest BCUT2D eigenvalue weighted by Gasteiger charge is 2.33. The van der Waals surface area contributed by atoms with Gasteiger partial charge >= 0.3 is 5.97 Å². The Balaban J connectivity index is 1.75. The fraction of sp³-hybridized carbons (Fsp3) is 0.458. The van der Waals surface area contributed by atoms with E-state index in [4.69, 9.17) is 9.47 Å². The van der Waals surface area contributed by atoms with Crippen molar-refractivity contribution in [2.75, 3.05) is 7.11 Å². The quantitative estimate of drug-likeness (QED) is 0.593. The summed E-state index contributed by atoms with van der Waals surface area (Å²) in [5.74, 6) is 1.54. The zero-order chi connectivity index (χ0) is 21.9. The Morgan fingerprint density at radius 3 is 2.07 bits per heavy atom. The molecule has 1 saturated carbocycles. The van der Waals surface area contributed by atoms with Crippen molar-refractivity contribution in [3.8, 4) is 5.75 Å². The minimum Gasteiger partial charge on any atom is -0.497 e. The zero-order valence-electron chi connectivity index (χ0n) is 18.0. The Labute approximate surface area is 179 Å². The van der Waals surface area contributed by atoms with Crippen molar-refractivity contribution in [3.63, 3.8) is 0 Å². The molecule has 162 valence electrons.